The van der Waals surface area contributed by atoms with Crippen molar-refractivity contribution in [2.24, 2.45) is 11.7 Å². The third-order valence-electron chi connectivity index (χ3n) is 4.35. The Hall–Kier alpha value is -1.99. The quantitative estimate of drug-likeness (QED) is 0.732. The molecule has 2 rings (SSSR count). The first-order valence-electron chi connectivity index (χ1n) is 8.86. The van der Waals surface area contributed by atoms with Crippen LogP contribution in [0.2, 0.25) is 0 Å². The Morgan fingerprint density at radius 3 is 2.80 bits per heavy atom. The number of hydrogen-bond donors (Lipinski definition) is 3. The highest BCUT2D eigenvalue weighted by Gasteiger charge is 2.34. The van der Waals surface area contributed by atoms with Gasteiger partial charge in [0.1, 0.15) is 11.9 Å². The largest absolute Gasteiger partial charge is 0.389 e. The minimum Gasteiger partial charge on any atom is -0.389 e. The molecule has 7 nitrogen and oxygen atoms in total. The van der Waals surface area contributed by atoms with Gasteiger partial charge in [-0.3, -0.25) is 14.6 Å². The van der Waals surface area contributed by atoms with Gasteiger partial charge in [-0.1, -0.05) is 19.9 Å². The Balaban J connectivity index is 2.17. The zero-order valence-corrected chi connectivity index (χ0v) is 14.9. The topological polar surface area (TPSA) is 109 Å². The normalized spacial score (nSPS) is 22.4. The van der Waals surface area contributed by atoms with Crippen molar-refractivity contribution in [3.63, 3.8) is 0 Å². The maximum Gasteiger partial charge on any atom is 0.274 e. The van der Waals surface area contributed by atoms with Crippen molar-refractivity contribution < 1.29 is 14.7 Å². The fraction of sp³-hybridized carbons (Fsp3) is 0.611. The smallest absolute Gasteiger partial charge is 0.274 e. The number of aromatic nitrogens is 1. The van der Waals surface area contributed by atoms with Crippen LogP contribution in [-0.2, 0) is 4.79 Å². The molecule has 1 fully saturated rings. The molecule has 2 heterocycles. The van der Waals surface area contributed by atoms with Crippen LogP contribution in [0, 0.1) is 5.92 Å². The van der Waals surface area contributed by atoms with Gasteiger partial charge in [-0.15, -0.1) is 0 Å². The third kappa shape index (κ3) is 5.24. The van der Waals surface area contributed by atoms with Gasteiger partial charge in [0.15, 0.2) is 0 Å². The molecule has 0 aliphatic carbocycles. The van der Waals surface area contributed by atoms with E-state index in [1.165, 1.54) is 4.90 Å². The Labute approximate surface area is 148 Å². The Morgan fingerprint density at radius 1 is 1.40 bits per heavy atom. The van der Waals surface area contributed by atoms with Crippen LogP contribution < -0.4 is 11.1 Å². The lowest BCUT2D eigenvalue weighted by molar-refractivity contribution is -0.125. The van der Waals surface area contributed by atoms with E-state index in [4.69, 9.17) is 5.73 Å². The molecule has 0 aromatic carbocycles. The van der Waals surface area contributed by atoms with Gasteiger partial charge in [-0.05, 0) is 43.7 Å². The second-order valence-electron chi connectivity index (χ2n) is 6.97. The molecule has 0 radical (unpaired) electrons. The number of rotatable bonds is 5. The minimum atomic E-state index is -0.828. The van der Waals surface area contributed by atoms with Gasteiger partial charge in [0.2, 0.25) is 5.91 Å². The summed E-state index contributed by atoms with van der Waals surface area (Å²) in [5.74, 6) is -0.367. The van der Waals surface area contributed by atoms with Crippen LogP contribution in [0.15, 0.2) is 24.4 Å². The first-order valence-corrected chi connectivity index (χ1v) is 8.86. The van der Waals surface area contributed by atoms with Crippen molar-refractivity contribution in [1.82, 2.24) is 15.2 Å². The maximum absolute atomic E-state index is 12.8. The number of likely N-dealkylation sites (tertiary alicyclic amines) is 1. The van der Waals surface area contributed by atoms with Gasteiger partial charge in [0.25, 0.3) is 5.91 Å². The third-order valence-corrected chi connectivity index (χ3v) is 4.35. The molecule has 1 aromatic rings. The highest BCUT2D eigenvalue weighted by atomic mass is 16.3. The molecule has 0 bridgehead atoms. The lowest BCUT2D eigenvalue weighted by Crippen LogP contribution is -2.59. The van der Waals surface area contributed by atoms with E-state index in [-0.39, 0.29) is 17.7 Å². The zero-order chi connectivity index (χ0) is 18.4. The summed E-state index contributed by atoms with van der Waals surface area (Å²) in [6.07, 6.45) is 2.55. The van der Waals surface area contributed by atoms with Crippen LogP contribution in [0.4, 0.5) is 0 Å². The highest BCUT2D eigenvalue weighted by Crippen LogP contribution is 2.18. The molecule has 2 unspecified atom stereocenters. The molecule has 0 saturated carbocycles. The van der Waals surface area contributed by atoms with E-state index in [0.717, 1.165) is 12.8 Å². The number of carbonyl (C=O) groups is 2. The molecule has 3 atom stereocenters. The van der Waals surface area contributed by atoms with Crippen molar-refractivity contribution in [1.29, 1.82) is 0 Å². The number of pyridine rings is 1. The molecule has 1 aromatic heterocycles. The number of amides is 2. The van der Waals surface area contributed by atoms with Crippen LogP contribution in [0.3, 0.4) is 0 Å². The number of nitrogens with zero attached hydrogens (tertiary/aromatic N) is 2. The van der Waals surface area contributed by atoms with Gasteiger partial charge in [0.05, 0.1) is 12.1 Å². The molecule has 1 aliphatic heterocycles. The molecule has 7 heteroatoms. The fourth-order valence-electron chi connectivity index (χ4n) is 3.05. The molecular formula is C18H28N4O3. The molecule has 4 N–H and O–H groups in total. The van der Waals surface area contributed by atoms with E-state index < -0.39 is 18.3 Å². The summed E-state index contributed by atoms with van der Waals surface area (Å²) in [5.41, 5.74) is 6.24. The van der Waals surface area contributed by atoms with Crippen LogP contribution >= 0.6 is 0 Å². The summed E-state index contributed by atoms with van der Waals surface area (Å²) in [6, 6.07) is 4.43. The summed E-state index contributed by atoms with van der Waals surface area (Å²) in [7, 11) is 0. The van der Waals surface area contributed by atoms with Gasteiger partial charge in [-0.25, -0.2) is 0 Å². The van der Waals surface area contributed by atoms with Gasteiger partial charge < -0.3 is 21.1 Å². The van der Waals surface area contributed by atoms with E-state index in [9.17, 15) is 14.7 Å². The van der Waals surface area contributed by atoms with Crippen molar-refractivity contribution in [2.45, 2.75) is 57.8 Å². The average Bonchev–Trinajstić information content (AvgIpc) is 2.76. The monoisotopic (exact) mass is 348 g/mol. The van der Waals surface area contributed by atoms with Crippen molar-refractivity contribution in [3.05, 3.63) is 30.1 Å². The summed E-state index contributed by atoms with van der Waals surface area (Å²) >= 11 is 0. The van der Waals surface area contributed by atoms with E-state index in [1.807, 2.05) is 13.8 Å². The van der Waals surface area contributed by atoms with E-state index in [1.54, 1.807) is 24.4 Å². The molecule has 1 aliphatic rings. The van der Waals surface area contributed by atoms with Crippen molar-refractivity contribution >= 4 is 11.8 Å². The Kier molecular flexibility index (Phi) is 6.90. The predicted molar refractivity (Wildman–Crippen MR) is 94.5 cm³/mol. The second-order valence-corrected chi connectivity index (χ2v) is 6.97. The molecule has 0 spiro atoms. The average molecular weight is 348 g/mol. The molecular weight excluding hydrogens is 320 g/mol. The Morgan fingerprint density at radius 2 is 2.16 bits per heavy atom. The number of carbonyl (C=O) groups excluding carboxylic acids is 2. The van der Waals surface area contributed by atoms with Crippen molar-refractivity contribution in [3.8, 4) is 0 Å². The van der Waals surface area contributed by atoms with Gasteiger partial charge in [-0.2, -0.15) is 0 Å². The minimum absolute atomic E-state index is 0.283. The van der Waals surface area contributed by atoms with E-state index >= 15 is 0 Å². The highest BCUT2D eigenvalue weighted by molar-refractivity contribution is 5.93. The van der Waals surface area contributed by atoms with Gasteiger partial charge >= 0.3 is 0 Å². The van der Waals surface area contributed by atoms with Crippen LogP contribution in [-0.4, -0.2) is 51.7 Å². The van der Waals surface area contributed by atoms with Crippen LogP contribution in [0.5, 0.6) is 0 Å². The maximum atomic E-state index is 12.8. The first kappa shape index (κ1) is 19.3. The predicted octanol–water partition coefficient (Wildman–Crippen LogP) is 0.884. The van der Waals surface area contributed by atoms with E-state index in [0.29, 0.717) is 25.1 Å². The number of aliphatic hydroxyl groups is 1. The summed E-state index contributed by atoms with van der Waals surface area (Å²) in [4.78, 5) is 30.8. The first-order chi connectivity index (χ1) is 11.9. The molecule has 1 saturated heterocycles. The number of aliphatic hydroxyl groups excluding tert-OH is 1. The lowest BCUT2D eigenvalue weighted by atomic mass is 10.0. The van der Waals surface area contributed by atoms with Crippen LogP contribution in [0.25, 0.3) is 0 Å². The number of hydrogen-bond acceptors (Lipinski definition) is 5. The molecule has 2 amide bonds. The fourth-order valence-corrected chi connectivity index (χ4v) is 3.05. The number of nitrogens with one attached hydrogen (secondary N) is 1. The van der Waals surface area contributed by atoms with Gasteiger partial charge in [0, 0.05) is 12.7 Å². The van der Waals surface area contributed by atoms with E-state index in [2.05, 4.69) is 10.3 Å². The molecule has 25 heavy (non-hydrogen) atoms. The second kappa shape index (κ2) is 8.92. The summed E-state index contributed by atoms with van der Waals surface area (Å²) in [5, 5.41) is 13.2. The summed E-state index contributed by atoms with van der Waals surface area (Å²) < 4.78 is 0. The van der Waals surface area contributed by atoms with Crippen molar-refractivity contribution in [2.75, 3.05) is 6.54 Å². The van der Waals surface area contributed by atoms with Crippen LogP contribution in [0.1, 0.15) is 50.0 Å². The number of nitrogens with two attached hydrogens (primary N) is 1. The Bertz CT molecular complexity index is 579. The zero-order valence-electron chi connectivity index (χ0n) is 14.9. The molecule has 138 valence electrons. The lowest BCUT2D eigenvalue weighted by Gasteiger charge is -2.34. The standard InChI is InChI=1S/C18H28N4O3/c1-12(2)11-13(19)17(24)21-16-15(23)8-4-6-10-22(16)18(25)14-7-3-5-9-20-14/h3,5,7,9,12-13,15-16,23H,4,6,8,10-11,19H2,1-2H3,(H,21,24)/t13?,15-,16?/m0/s1. The SMILES string of the molecule is CC(C)CC(N)C(=O)NC1[C@@H](O)CCCCN1C(=O)c1ccccn1. The summed E-state index contributed by atoms with van der Waals surface area (Å²) in [6.45, 7) is 4.44.